The van der Waals surface area contributed by atoms with Crippen LogP contribution in [0.1, 0.15) is 85.0 Å². The number of rotatable bonds is 6. The van der Waals surface area contributed by atoms with Gasteiger partial charge < -0.3 is 14.5 Å². The summed E-state index contributed by atoms with van der Waals surface area (Å²) in [6, 6.07) is 14.5. The molecule has 4 aromatic rings. The van der Waals surface area contributed by atoms with Crippen LogP contribution in [0.2, 0.25) is 0 Å². The first-order valence-electron chi connectivity index (χ1n) is 19.4. The minimum Gasteiger partial charge on any atom is -0.471 e. The Labute approximate surface area is 329 Å². The fraction of sp³-hybridized carbons (Fsp3) is 0.488. The van der Waals surface area contributed by atoms with Crippen molar-refractivity contribution in [2.45, 2.75) is 107 Å². The molecule has 4 heterocycles. The van der Waals surface area contributed by atoms with Crippen LogP contribution in [0.3, 0.4) is 0 Å². The molecule has 9 rings (SSSR count). The lowest BCUT2D eigenvalue weighted by Gasteiger charge is -2.49. The number of carbonyl (C=O) groups is 1. The number of hydrogen-bond acceptors (Lipinski definition) is 10. The Hall–Kier alpha value is -4.33. The molecule has 3 saturated carbocycles. The number of amides is 1. The molecule has 2 atom stereocenters. The summed E-state index contributed by atoms with van der Waals surface area (Å²) in [4.78, 5) is 40.3. The number of nitrogens with zero attached hydrogens (tertiary/aromatic N) is 7. The number of benzene rings is 2. The van der Waals surface area contributed by atoms with Crippen molar-refractivity contribution >= 4 is 40.1 Å². The molecule has 5 aliphatic rings. The van der Waals surface area contributed by atoms with E-state index in [4.69, 9.17) is 14.7 Å². The second kappa shape index (κ2) is 14.6. The third-order valence-electron chi connectivity index (χ3n) is 12.8. The van der Waals surface area contributed by atoms with E-state index in [0.29, 0.717) is 42.0 Å². The highest BCUT2D eigenvalue weighted by molar-refractivity contribution is 7.92. The van der Waals surface area contributed by atoms with Crippen LogP contribution in [0.5, 0.6) is 5.88 Å². The molecule has 55 heavy (non-hydrogen) atoms. The van der Waals surface area contributed by atoms with Crippen LogP contribution in [-0.4, -0.2) is 88.4 Å². The summed E-state index contributed by atoms with van der Waals surface area (Å²) in [5, 5.41) is 0. The minimum atomic E-state index is -4.18. The highest BCUT2D eigenvalue weighted by atomic mass is 35.5. The van der Waals surface area contributed by atoms with E-state index in [1.165, 1.54) is 57.1 Å². The summed E-state index contributed by atoms with van der Waals surface area (Å²) in [7, 11) is -2.13. The number of carbonyl (C=O) groups excluding carboxylic acids is 1. The van der Waals surface area contributed by atoms with Gasteiger partial charge in [-0.05, 0) is 93.5 Å². The number of likely N-dealkylation sites (tertiary alicyclic amines) is 1. The zero-order valence-electron chi connectivity index (χ0n) is 31.6. The number of ether oxygens (including phenoxy) is 1. The fourth-order valence-electron chi connectivity index (χ4n) is 9.52. The summed E-state index contributed by atoms with van der Waals surface area (Å²) in [5.41, 5.74) is 4.82. The molecule has 1 spiro atoms. The van der Waals surface area contributed by atoms with E-state index in [-0.39, 0.29) is 53.2 Å². The van der Waals surface area contributed by atoms with Crippen molar-refractivity contribution in [3.05, 3.63) is 83.3 Å². The van der Waals surface area contributed by atoms with E-state index in [2.05, 4.69) is 31.5 Å². The molecule has 4 fully saturated rings. The predicted molar refractivity (Wildman–Crippen MR) is 213 cm³/mol. The van der Waals surface area contributed by atoms with E-state index in [1.54, 1.807) is 30.6 Å². The van der Waals surface area contributed by atoms with Crippen molar-refractivity contribution in [1.82, 2.24) is 29.7 Å². The smallest absolute Gasteiger partial charge is 0.264 e. The molecule has 290 valence electrons. The molecule has 2 aromatic carbocycles. The van der Waals surface area contributed by atoms with E-state index in [1.807, 2.05) is 36.9 Å². The Bertz CT molecular complexity index is 2180. The second-order valence-electron chi connectivity index (χ2n) is 16.3. The van der Waals surface area contributed by atoms with Crippen molar-refractivity contribution in [2.24, 2.45) is 5.41 Å². The van der Waals surface area contributed by atoms with Gasteiger partial charge in [-0.1, -0.05) is 37.1 Å². The van der Waals surface area contributed by atoms with Gasteiger partial charge in [0.25, 0.3) is 15.9 Å². The first kappa shape index (κ1) is 37.6. The Morgan fingerprint density at radius 3 is 2.42 bits per heavy atom. The highest BCUT2D eigenvalue weighted by Crippen LogP contribution is 2.55. The van der Waals surface area contributed by atoms with Crippen LogP contribution in [0.4, 0.5) is 11.8 Å². The van der Waals surface area contributed by atoms with Gasteiger partial charge in [0.05, 0.1) is 41.3 Å². The molecule has 14 heteroatoms. The highest BCUT2D eigenvalue weighted by Gasteiger charge is 2.52. The van der Waals surface area contributed by atoms with Gasteiger partial charge in [0.2, 0.25) is 11.8 Å². The number of hydrogen-bond donors (Lipinski definition) is 1. The summed E-state index contributed by atoms with van der Waals surface area (Å²) >= 11 is 0. The number of aryl methyl sites for hydroxylation is 2. The molecule has 0 unspecified atom stereocenters. The molecule has 2 aliphatic heterocycles. The topological polar surface area (TPSA) is 134 Å². The Morgan fingerprint density at radius 2 is 1.69 bits per heavy atom. The lowest BCUT2D eigenvalue weighted by atomic mass is 9.64. The monoisotopic (exact) mass is 784 g/mol. The number of anilines is 2. The number of fused-ring (bicyclic) bond motifs is 5. The van der Waals surface area contributed by atoms with Gasteiger partial charge in [-0.25, -0.2) is 23.1 Å². The molecule has 1 N–H and O–H groups in total. The molecular weight excluding hydrogens is 736 g/mol. The van der Waals surface area contributed by atoms with Gasteiger partial charge in [-0.15, -0.1) is 12.4 Å². The van der Waals surface area contributed by atoms with Gasteiger partial charge in [-0.2, -0.15) is 4.98 Å². The average molecular weight is 785 g/mol. The zero-order valence-corrected chi connectivity index (χ0v) is 33.3. The van der Waals surface area contributed by atoms with Crippen molar-refractivity contribution in [1.29, 1.82) is 0 Å². The number of nitrogens with one attached hydrogen (secondary N) is 1. The van der Waals surface area contributed by atoms with Crippen molar-refractivity contribution in [3.63, 3.8) is 0 Å². The number of halogens is 1. The van der Waals surface area contributed by atoms with Gasteiger partial charge >= 0.3 is 0 Å². The lowest BCUT2D eigenvalue weighted by molar-refractivity contribution is 0.0112. The maximum absolute atomic E-state index is 14.9. The Balaban J connectivity index is 0.00000427. The van der Waals surface area contributed by atoms with E-state index >= 15 is 0 Å². The van der Waals surface area contributed by atoms with Crippen LogP contribution in [0.25, 0.3) is 11.3 Å². The summed E-state index contributed by atoms with van der Waals surface area (Å²) in [5.74, 6) is 0.648. The minimum absolute atomic E-state index is 0. The Kier molecular flexibility index (Phi) is 10.00. The average Bonchev–Trinajstić information content (AvgIpc) is 3.77. The fourth-order valence-corrected chi connectivity index (χ4v) is 10.5. The van der Waals surface area contributed by atoms with Crippen LogP contribution in [-0.2, 0) is 16.6 Å². The molecule has 3 aliphatic carbocycles. The summed E-state index contributed by atoms with van der Waals surface area (Å²) < 4.78 is 37.3. The maximum Gasteiger partial charge on any atom is 0.264 e. The molecule has 0 radical (unpaired) electrons. The molecule has 1 amide bonds. The Morgan fingerprint density at radius 1 is 0.945 bits per heavy atom. The van der Waals surface area contributed by atoms with Gasteiger partial charge in [0.15, 0.2) is 0 Å². The van der Waals surface area contributed by atoms with Crippen LogP contribution < -0.4 is 14.4 Å². The largest absolute Gasteiger partial charge is 0.471 e. The maximum atomic E-state index is 14.9. The second-order valence-corrected chi connectivity index (χ2v) is 17.9. The van der Waals surface area contributed by atoms with E-state index in [9.17, 15) is 13.2 Å². The van der Waals surface area contributed by atoms with Crippen molar-refractivity contribution < 1.29 is 17.9 Å². The van der Waals surface area contributed by atoms with Gasteiger partial charge in [0, 0.05) is 49.4 Å². The molecular formula is C41H49ClN8O4S. The molecule has 4 bridgehead atoms. The summed E-state index contributed by atoms with van der Waals surface area (Å²) in [6.45, 7) is 5.42. The van der Waals surface area contributed by atoms with E-state index < -0.39 is 16.1 Å². The first-order valence-corrected chi connectivity index (χ1v) is 20.9. The normalized spacial score (nSPS) is 23.2. The first-order chi connectivity index (χ1) is 26.0. The van der Waals surface area contributed by atoms with Crippen molar-refractivity contribution in [2.75, 3.05) is 29.8 Å². The van der Waals surface area contributed by atoms with Gasteiger partial charge in [0.1, 0.15) is 11.9 Å². The number of sulfonamides is 1. The number of aromatic nitrogens is 4. The van der Waals surface area contributed by atoms with Crippen LogP contribution in [0, 0.1) is 19.3 Å². The SMILES string of the molecule is Cc1cccc(C)c1-c1cc2nc(n1)NS(=O)(=O)c1cccc(c1)C(=O)N(Cc1cncc(N(C)C3CCC3)n1)[C@@H]1CN(C3CC4(CCCC4)C3)C[C@H]1O2.Cl. The van der Waals surface area contributed by atoms with E-state index in [0.717, 1.165) is 35.3 Å². The molecule has 2 aromatic heterocycles. The lowest BCUT2D eigenvalue weighted by Crippen LogP contribution is -2.50. The third-order valence-corrected chi connectivity index (χ3v) is 14.1. The third kappa shape index (κ3) is 7.15. The summed E-state index contributed by atoms with van der Waals surface area (Å²) in [6.07, 6.45) is 14.0. The van der Waals surface area contributed by atoms with Crippen LogP contribution >= 0.6 is 12.4 Å². The zero-order chi connectivity index (χ0) is 37.2. The van der Waals surface area contributed by atoms with Crippen LogP contribution in [0.15, 0.2) is 65.8 Å². The van der Waals surface area contributed by atoms with Gasteiger partial charge in [-0.3, -0.25) is 14.7 Å². The molecule has 1 saturated heterocycles. The predicted octanol–water partition coefficient (Wildman–Crippen LogP) is 6.57. The van der Waals surface area contributed by atoms with Crippen molar-refractivity contribution in [3.8, 4) is 17.1 Å². The molecule has 12 nitrogen and oxygen atoms in total. The quantitative estimate of drug-likeness (QED) is 0.229. The standard InChI is InChI=1S/C41H48N8O4S.ClH/c1-26-9-6-10-27(2)38(26)33-18-37-45-40(44-33)46-54(51,52)32-14-7-11-28(17-32)39(50)49(23-29-21-42-22-36(43-29)47(3)30-12-8-13-30)34-24-48(25-35(34)53-37)31-19-41(20-31)15-4-5-16-41;/h6-7,9-11,14,17-18,21-22,30-31,34-35H,4-5,8,12-13,15-16,19-20,23-25H2,1-3H3,(H,44,45,46);1H/t34-,35-;/m1./s1.